The zero-order chi connectivity index (χ0) is 10.8. The van der Waals surface area contributed by atoms with Crippen LogP contribution in [0.2, 0.25) is 0 Å². The summed E-state index contributed by atoms with van der Waals surface area (Å²) >= 11 is 0. The lowest BCUT2D eigenvalue weighted by atomic mass is 10.0. The molecule has 1 N–H and O–H groups in total. The van der Waals surface area contributed by atoms with Gasteiger partial charge in [0.1, 0.15) is 0 Å². The van der Waals surface area contributed by atoms with Crippen molar-refractivity contribution in [2.45, 2.75) is 0 Å². The summed E-state index contributed by atoms with van der Waals surface area (Å²) in [4.78, 5) is 21.7. The maximum atomic E-state index is 10.9. The molecule has 0 spiro atoms. The summed E-state index contributed by atoms with van der Waals surface area (Å²) in [5.41, 5.74) is 0.729. The van der Waals surface area contributed by atoms with Gasteiger partial charge in [-0.1, -0.05) is 30.3 Å². The predicted octanol–water partition coefficient (Wildman–Crippen LogP) is 2.35. The molecule has 0 aromatic heterocycles. The van der Waals surface area contributed by atoms with E-state index in [9.17, 15) is 9.59 Å². The van der Waals surface area contributed by atoms with Crippen LogP contribution in [0.5, 0.6) is 0 Å². The smallest absolute Gasteiger partial charge is 0.336 e. The van der Waals surface area contributed by atoms with E-state index >= 15 is 0 Å². The van der Waals surface area contributed by atoms with Gasteiger partial charge >= 0.3 is 5.97 Å². The first-order valence-electron chi connectivity index (χ1n) is 4.44. The van der Waals surface area contributed by atoms with E-state index in [-0.39, 0.29) is 5.56 Å². The molecule has 2 aromatic rings. The van der Waals surface area contributed by atoms with E-state index in [1.807, 2.05) is 0 Å². The number of aldehydes is 1. The number of aromatic carboxylic acids is 1. The lowest BCUT2D eigenvalue weighted by Gasteiger charge is -2.03. The van der Waals surface area contributed by atoms with Gasteiger partial charge in [0.25, 0.3) is 0 Å². The number of hydrogen-bond donors (Lipinski definition) is 1. The molecule has 3 heteroatoms. The zero-order valence-corrected chi connectivity index (χ0v) is 7.81. The molecular weight excluding hydrogens is 192 g/mol. The fourth-order valence-electron chi connectivity index (χ4n) is 1.61. The molecule has 0 amide bonds. The fraction of sp³-hybridized carbons (Fsp3) is 0. The van der Waals surface area contributed by atoms with E-state index in [4.69, 9.17) is 5.11 Å². The third kappa shape index (κ3) is 1.48. The molecule has 0 bridgehead atoms. The minimum Gasteiger partial charge on any atom is -0.478 e. The third-order valence-corrected chi connectivity index (χ3v) is 2.32. The number of carboxylic acids is 1. The summed E-state index contributed by atoms with van der Waals surface area (Å²) in [5, 5.41) is 10.2. The maximum absolute atomic E-state index is 10.9. The number of fused-ring (bicyclic) bond motifs is 1. The number of carbonyl (C=O) groups excluding carboxylic acids is 1. The maximum Gasteiger partial charge on any atom is 0.336 e. The van der Waals surface area contributed by atoms with E-state index in [0.29, 0.717) is 16.3 Å². The molecule has 2 rings (SSSR count). The Labute approximate surface area is 86.0 Å². The minimum absolute atomic E-state index is 0.219. The van der Waals surface area contributed by atoms with Crippen molar-refractivity contribution in [1.82, 2.24) is 0 Å². The summed E-state index contributed by atoms with van der Waals surface area (Å²) < 4.78 is 0. The second kappa shape index (κ2) is 3.53. The predicted molar refractivity (Wildman–Crippen MR) is 56.3 cm³/mol. The Kier molecular flexibility index (Phi) is 2.21. The molecule has 3 nitrogen and oxygen atoms in total. The average Bonchev–Trinajstić information content (AvgIpc) is 2.27. The Morgan fingerprint density at radius 2 is 1.73 bits per heavy atom. The van der Waals surface area contributed by atoms with Crippen molar-refractivity contribution in [1.29, 1.82) is 0 Å². The first kappa shape index (κ1) is 9.40. The summed E-state index contributed by atoms with van der Waals surface area (Å²) in [6, 6.07) is 9.95. The van der Waals surface area contributed by atoms with E-state index in [2.05, 4.69) is 0 Å². The zero-order valence-electron chi connectivity index (χ0n) is 7.81. The third-order valence-electron chi connectivity index (χ3n) is 2.32. The molecule has 0 aliphatic carbocycles. The van der Waals surface area contributed by atoms with Crippen LogP contribution in [0.3, 0.4) is 0 Å². The number of carboxylic acid groups (broad SMARTS) is 1. The van der Waals surface area contributed by atoms with Gasteiger partial charge in [-0.25, -0.2) is 4.79 Å². The van der Waals surface area contributed by atoms with Crippen LogP contribution in [0.1, 0.15) is 20.7 Å². The van der Waals surface area contributed by atoms with Crippen molar-refractivity contribution < 1.29 is 14.7 Å². The summed E-state index contributed by atoms with van der Waals surface area (Å²) in [5.74, 6) is -0.983. The molecule has 15 heavy (non-hydrogen) atoms. The van der Waals surface area contributed by atoms with E-state index in [1.165, 1.54) is 12.1 Å². The quantitative estimate of drug-likeness (QED) is 0.757. The van der Waals surface area contributed by atoms with Crippen LogP contribution in [0.25, 0.3) is 10.8 Å². The first-order chi connectivity index (χ1) is 7.24. The van der Waals surface area contributed by atoms with Crippen LogP contribution in [0.4, 0.5) is 0 Å². The molecule has 0 saturated carbocycles. The molecular formula is C12H8O3. The molecule has 0 aliphatic rings. The largest absolute Gasteiger partial charge is 0.478 e. The van der Waals surface area contributed by atoms with E-state index in [1.54, 1.807) is 24.3 Å². The van der Waals surface area contributed by atoms with Crippen molar-refractivity contribution in [3.05, 3.63) is 47.5 Å². The number of rotatable bonds is 2. The Morgan fingerprint density at radius 3 is 2.33 bits per heavy atom. The van der Waals surface area contributed by atoms with Gasteiger partial charge in [-0.05, 0) is 16.8 Å². The molecule has 0 heterocycles. The van der Waals surface area contributed by atoms with Gasteiger partial charge in [0, 0.05) is 5.56 Å². The molecule has 2 aromatic carbocycles. The standard InChI is InChI=1S/C12H8O3/c13-7-8-5-6-11(12(14)15)10-4-2-1-3-9(8)10/h1-7H,(H,14,15). The van der Waals surface area contributed by atoms with Crippen molar-refractivity contribution in [2.75, 3.05) is 0 Å². The highest BCUT2D eigenvalue weighted by Gasteiger charge is 2.09. The lowest BCUT2D eigenvalue weighted by molar-refractivity contribution is 0.0698. The molecule has 0 saturated heterocycles. The average molecular weight is 200 g/mol. The Morgan fingerprint density at radius 1 is 1.07 bits per heavy atom. The fourth-order valence-corrected chi connectivity index (χ4v) is 1.61. The second-order valence-corrected chi connectivity index (χ2v) is 3.17. The van der Waals surface area contributed by atoms with Crippen molar-refractivity contribution in [2.24, 2.45) is 0 Å². The summed E-state index contributed by atoms with van der Waals surface area (Å²) in [6.07, 6.45) is 0.730. The monoisotopic (exact) mass is 200 g/mol. The lowest BCUT2D eigenvalue weighted by Crippen LogP contribution is -1.98. The van der Waals surface area contributed by atoms with Gasteiger partial charge < -0.3 is 5.11 Å². The van der Waals surface area contributed by atoms with Crippen LogP contribution in [0, 0.1) is 0 Å². The number of benzene rings is 2. The van der Waals surface area contributed by atoms with E-state index in [0.717, 1.165) is 6.29 Å². The highest BCUT2D eigenvalue weighted by Crippen LogP contribution is 2.21. The Balaban J connectivity index is 2.89. The van der Waals surface area contributed by atoms with Crippen LogP contribution < -0.4 is 0 Å². The van der Waals surface area contributed by atoms with Crippen molar-refractivity contribution in [3.63, 3.8) is 0 Å². The summed E-state index contributed by atoms with van der Waals surface area (Å²) in [6.45, 7) is 0. The molecule has 0 aliphatic heterocycles. The molecule has 74 valence electrons. The summed E-state index contributed by atoms with van der Waals surface area (Å²) in [7, 11) is 0. The topological polar surface area (TPSA) is 54.4 Å². The van der Waals surface area contributed by atoms with Gasteiger partial charge in [-0.15, -0.1) is 0 Å². The van der Waals surface area contributed by atoms with E-state index < -0.39 is 5.97 Å². The van der Waals surface area contributed by atoms with Crippen molar-refractivity contribution in [3.8, 4) is 0 Å². The highest BCUT2D eigenvalue weighted by molar-refractivity contribution is 6.08. The second-order valence-electron chi connectivity index (χ2n) is 3.17. The first-order valence-corrected chi connectivity index (χ1v) is 4.44. The van der Waals surface area contributed by atoms with Crippen LogP contribution in [-0.4, -0.2) is 17.4 Å². The number of hydrogen-bond acceptors (Lipinski definition) is 2. The van der Waals surface area contributed by atoms with Gasteiger partial charge in [-0.3, -0.25) is 4.79 Å². The van der Waals surface area contributed by atoms with Gasteiger partial charge in [-0.2, -0.15) is 0 Å². The molecule has 0 atom stereocenters. The van der Waals surface area contributed by atoms with Crippen LogP contribution in [-0.2, 0) is 0 Å². The van der Waals surface area contributed by atoms with Gasteiger partial charge in [0.05, 0.1) is 5.56 Å². The Hall–Kier alpha value is -2.16. The van der Waals surface area contributed by atoms with Gasteiger partial charge in [0.2, 0.25) is 0 Å². The van der Waals surface area contributed by atoms with Gasteiger partial charge in [0.15, 0.2) is 6.29 Å². The molecule has 0 unspecified atom stereocenters. The Bertz CT molecular complexity index is 544. The minimum atomic E-state index is -0.983. The number of carbonyl (C=O) groups is 2. The van der Waals surface area contributed by atoms with Crippen LogP contribution >= 0.6 is 0 Å². The molecule has 0 radical (unpaired) electrons. The normalized spacial score (nSPS) is 10.1. The SMILES string of the molecule is O=Cc1ccc(C(=O)O)c2ccccc12. The molecule has 0 fully saturated rings. The van der Waals surface area contributed by atoms with Crippen LogP contribution in [0.15, 0.2) is 36.4 Å². The highest BCUT2D eigenvalue weighted by atomic mass is 16.4. The van der Waals surface area contributed by atoms with Crippen molar-refractivity contribution >= 4 is 23.0 Å².